The quantitative estimate of drug-likeness (QED) is 0.631. The highest BCUT2D eigenvalue weighted by atomic mass is 79.9. The molecule has 110 valence electrons. The number of benzene rings is 1. The van der Waals surface area contributed by atoms with Crippen molar-refractivity contribution in [3.05, 3.63) is 62.2 Å². The Morgan fingerprint density at radius 3 is 2.62 bits per heavy atom. The van der Waals surface area contributed by atoms with Gasteiger partial charge in [-0.25, -0.2) is 4.98 Å². The van der Waals surface area contributed by atoms with Crippen LogP contribution in [0.25, 0.3) is 0 Å². The lowest BCUT2D eigenvalue weighted by molar-refractivity contribution is -0.385. The predicted molar refractivity (Wildman–Crippen MR) is 86.4 cm³/mol. The van der Waals surface area contributed by atoms with Gasteiger partial charge in [0.2, 0.25) is 0 Å². The highest BCUT2D eigenvalue weighted by Gasteiger charge is 2.19. The van der Waals surface area contributed by atoms with E-state index >= 15 is 0 Å². The summed E-state index contributed by atoms with van der Waals surface area (Å²) >= 11 is 3.40. The summed E-state index contributed by atoms with van der Waals surface area (Å²) in [5.74, 6) is 0.619. The lowest BCUT2D eigenvalue weighted by Crippen LogP contribution is -2.12. The SMILES string of the molecule is CCC(Nc1ncc([N+](=O)[O-])c(C)c1Br)c1ccccc1. The molecule has 0 radical (unpaired) electrons. The standard InChI is InChI=1S/C15H16BrN3O2/c1-3-12(11-7-5-4-6-8-11)18-15-14(16)10(2)13(9-17-15)19(20)21/h4-9,12H,3H2,1-2H3,(H,17,18). The van der Waals surface area contributed by atoms with E-state index in [1.54, 1.807) is 6.92 Å². The van der Waals surface area contributed by atoms with Crippen LogP contribution < -0.4 is 5.32 Å². The molecule has 0 aliphatic rings. The first-order chi connectivity index (χ1) is 10.0. The number of nitrogens with one attached hydrogen (secondary N) is 1. The summed E-state index contributed by atoms with van der Waals surface area (Å²) in [4.78, 5) is 14.7. The summed E-state index contributed by atoms with van der Waals surface area (Å²) in [7, 11) is 0. The van der Waals surface area contributed by atoms with E-state index in [-0.39, 0.29) is 11.7 Å². The molecule has 1 unspecified atom stereocenters. The molecule has 1 aromatic carbocycles. The number of rotatable bonds is 5. The molecule has 5 nitrogen and oxygen atoms in total. The Balaban J connectivity index is 2.31. The van der Waals surface area contributed by atoms with Gasteiger partial charge in [-0.3, -0.25) is 10.1 Å². The number of anilines is 1. The molecule has 1 heterocycles. The van der Waals surface area contributed by atoms with Gasteiger partial charge in [-0.2, -0.15) is 0 Å². The number of hydrogen-bond acceptors (Lipinski definition) is 4. The monoisotopic (exact) mass is 349 g/mol. The number of nitrogens with zero attached hydrogens (tertiary/aromatic N) is 2. The molecule has 0 aliphatic heterocycles. The number of hydrogen-bond donors (Lipinski definition) is 1. The first-order valence-electron chi connectivity index (χ1n) is 6.65. The summed E-state index contributed by atoms with van der Waals surface area (Å²) in [6.07, 6.45) is 2.17. The Bertz CT molecular complexity index is 647. The van der Waals surface area contributed by atoms with Gasteiger partial charge < -0.3 is 5.32 Å². The van der Waals surface area contributed by atoms with Gasteiger partial charge in [0.25, 0.3) is 5.69 Å². The molecule has 21 heavy (non-hydrogen) atoms. The van der Waals surface area contributed by atoms with Crippen LogP contribution in [0.2, 0.25) is 0 Å². The van der Waals surface area contributed by atoms with Crippen molar-refractivity contribution < 1.29 is 4.92 Å². The summed E-state index contributed by atoms with van der Waals surface area (Å²) in [5.41, 5.74) is 1.74. The third kappa shape index (κ3) is 3.39. The van der Waals surface area contributed by atoms with E-state index in [1.807, 2.05) is 30.3 Å². The van der Waals surface area contributed by atoms with Crippen LogP contribution in [0.5, 0.6) is 0 Å². The fourth-order valence-electron chi connectivity index (χ4n) is 2.13. The number of halogens is 1. The Hall–Kier alpha value is -1.95. The molecule has 0 aliphatic carbocycles. The first kappa shape index (κ1) is 15.4. The van der Waals surface area contributed by atoms with E-state index < -0.39 is 4.92 Å². The molecular weight excluding hydrogens is 334 g/mol. The van der Waals surface area contributed by atoms with Crippen LogP contribution in [-0.2, 0) is 0 Å². The minimum Gasteiger partial charge on any atom is -0.362 e. The summed E-state index contributed by atoms with van der Waals surface area (Å²) < 4.78 is 0.631. The molecule has 1 N–H and O–H groups in total. The third-order valence-electron chi connectivity index (χ3n) is 3.36. The average Bonchev–Trinajstić information content (AvgIpc) is 2.49. The third-order valence-corrected chi connectivity index (χ3v) is 4.33. The van der Waals surface area contributed by atoms with Gasteiger partial charge in [0.15, 0.2) is 0 Å². The van der Waals surface area contributed by atoms with Crippen LogP contribution in [-0.4, -0.2) is 9.91 Å². The van der Waals surface area contributed by atoms with E-state index in [1.165, 1.54) is 6.20 Å². The number of pyridine rings is 1. The zero-order valence-corrected chi connectivity index (χ0v) is 13.4. The lowest BCUT2D eigenvalue weighted by atomic mass is 10.0. The van der Waals surface area contributed by atoms with Crippen molar-refractivity contribution in [2.24, 2.45) is 0 Å². The highest BCUT2D eigenvalue weighted by molar-refractivity contribution is 9.10. The predicted octanol–water partition coefficient (Wildman–Crippen LogP) is 4.62. The zero-order chi connectivity index (χ0) is 15.4. The average molecular weight is 350 g/mol. The fraction of sp³-hybridized carbons (Fsp3) is 0.267. The normalized spacial score (nSPS) is 12.0. The van der Waals surface area contributed by atoms with Crippen LogP contribution in [0.4, 0.5) is 11.5 Å². The van der Waals surface area contributed by atoms with Gasteiger partial charge in [-0.05, 0) is 34.8 Å². The Morgan fingerprint density at radius 1 is 1.38 bits per heavy atom. The van der Waals surface area contributed by atoms with Crippen LogP contribution in [0.1, 0.15) is 30.5 Å². The molecule has 2 rings (SSSR count). The van der Waals surface area contributed by atoms with Crippen LogP contribution >= 0.6 is 15.9 Å². The smallest absolute Gasteiger partial charge is 0.291 e. The van der Waals surface area contributed by atoms with Gasteiger partial charge in [0, 0.05) is 5.56 Å². The second-order valence-corrected chi connectivity index (χ2v) is 5.50. The lowest BCUT2D eigenvalue weighted by Gasteiger charge is -2.19. The van der Waals surface area contributed by atoms with Gasteiger partial charge in [-0.15, -0.1) is 0 Å². The van der Waals surface area contributed by atoms with Crippen molar-refractivity contribution in [1.29, 1.82) is 0 Å². The summed E-state index contributed by atoms with van der Waals surface area (Å²) in [6, 6.07) is 10.2. The fourth-order valence-corrected chi connectivity index (χ4v) is 2.55. The van der Waals surface area contributed by atoms with Crippen molar-refractivity contribution in [2.45, 2.75) is 26.3 Å². The second kappa shape index (κ2) is 6.67. The minimum absolute atomic E-state index is 0.0141. The van der Waals surface area contributed by atoms with Crippen LogP contribution in [0, 0.1) is 17.0 Å². The molecule has 2 aromatic rings. The Kier molecular flexibility index (Phi) is 4.90. The van der Waals surface area contributed by atoms with Crippen molar-refractivity contribution >= 4 is 27.4 Å². The molecule has 1 aromatic heterocycles. The summed E-state index contributed by atoms with van der Waals surface area (Å²) in [6.45, 7) is 3.79. The number of nitro groups is 1. The first-order valence-corrected chi connectivity index (χ1v) is 7.44. The van der Waals surface area contributed by atoms with E-state index in [2.05, 4.69) is 33.2 Å². The van der Waals surface area contributed by atoms with Gasteiger partial charge in [-0.1, -0.05) is 37.3 Å². The van der Waals surface area contributed by atoms with E-state index in [0.29, 0.717) is 15.9 Å². The maximum Gasteiger partial charge on any atom is 0.291 e. The zero-order valence-electron chi connectivity index (χ0n) is 11.8. The molecule has 0 saturated heterocycles. The maximum atomic E-state index is 10.9. The van der Waals surface area contributed by atoms with E-state index in [0.717, 1.165) is 12.0 Å². The molecule has 0 spiro atoms. The van der Waals surface area contributed by atoms with E-state index in [9.17, 15) is 10.1 Å². The van der Waals surface area contributed by atoms with Gasteiger partial charge >= 0.3 is 0 Å². The van der Waals surface area contributed by atoms with Crippen molar-refractivity contribution in [1.82, 2.24) is 4.98 Å². The molecular formula is C15H16BrN3O2. The maximum absolute atomic E-state index is 10.9. The molecule has 1 atom stereocenters. The van der Waals surface area contributed by atoms with Crippen molar-refractivity contribution in [2.75, 3.05) is 5.32 Å². The molecule has 0 saturated carbocycles. The van der Waals surface area contributed by atoms with E-state index in [4.69, 9.17) is 0 Å². The minimum atomic E-state index is -0.425. The second-order valence-electron chi connectivity index (χ2n) is 4.70. The Morgan fingerprint density at radius 2 is 2.05 bits per heavy atom. The number of aromatic nitrogens is 1. The molecule has 0 amide bonds. The van der Waals surface area contributed by atoms with Crippen molar-refractivity contribution in [3.8, 4) is 0 Å². The van der Waals surface area contributed by atoms with Crippen LogP contribution in [0.3, 0.4) is 0 Å². The van der Waals surface area contributed by atoms with Gasteiger partial charge in [0.1, 0.15) is 12.0 Å². The largest absolute Gasteiger partial charge is 0.362 e. The highest BCUT2D eigenvalue weighted by Crippen LogP contribution is 2.33. The van der Waals surface area contributed by atoms with Crippen molar-refractivity contribution in [3.63, 3.8) is 0 Å². The molecule has 0 bridgehead atoms. The topological polar surface area (TPSA) is 68.1 Å². The summed E-state index contributed by atoms with van der Waals surface area (Å²) in [5, 5.41) is 14.2. The Labute approximate surface area is 131 Å². The van der Waals surface area contributed by atoms with Crippen LogP contribution in [0.15, 0.2) is 41.0 Å². The molecule has 6 heteroatoms. The van der Waals surface area contributed by atoms with Gasteiger partial charge in [0.05, 0.1) is 15.4 Å². The molecule has 0 fully saturated rings.